The first kappa shape index (κ1) is 12.8. The number of ether oxygens (including phenoxy) is 1. The summed E-state index contributed by atoms with van der Waals surface area (Å²) in [7, 11) is -4.69. The molecule has 90 valence electrons. The number of hydrogen-bond donors (Lipinski definition) is 0. The highest BCUT2D eigenvalue weighted by molar-refractivity contribution is 7.85. The lowest BCUT2D eigenvalue weighted by atomic mass is 10.2. The van der Waals surface area contributed by atoms with Gasteiger partial charge < -0.3 is 4.74 Å². The summed E-state index contributed by atoms with van der Waals surface area (Å²) in [5, 5.41) is 0. The molecule has 0 radical (unpaired) electrons. The van der Waals surface area contributed by atoms with E-state index in [1.807, 2.05) is 0 Å². The van der Waals surface area contributed by atoms with E-state index >= 15 is 0 Å². The van der Waals surface area contributed by atoms with Gasteiger partial charge in [0, 0.05) is 0 Å². The first-order valence-electron chi connectivity index (χ1n) is 3.93. The van der Waals surface area contributed by atoms with Gasteiger partial charge in [-0.25, -0.2) is 0 Å². The van der Waals surface area contributed by atoms with Crippen molar-refractivity contribution in [1.82, 2.24) is 0 Å². The Morgan fingerprint density at radius 1 is 1.12 bits per heavy atom. The second-order valence-electron chi connectivity index (χ2n) is 2.87. The van der Waals surface area contributed by atoms with Gasteiger partial charge in [0.25, 0.3) is 0 Å². The molecule has 1 aromatic rings. The van der Waals surface area contributed by atoms with Crippen molar-refractivity contribution < 1.29 is 30.2 Å². The molecule has 3 nitrogen and oxygen atoms in total. The Morgan fingerprint density at radius 2 is 1.62 bits per heavy atom. The highest BCUT2D eigenvalue weighted by atomic mass is 32.3. The van der Waals surface area contributed by atoms with Gasteiger partial charge in [-0.2, -0.15) is 8.42 Å². The van der Waals surface area contributed by atoms with Gasteiger partial charge in [-0.1, -0.05) is 12.1 Å². The lowest BCUT2D eigenvalue weighted by Gasteiger charge is -2.08. The van der Waals surface area contributed by atoms with E-state index in [1.54, 1.807) is 0 Å². The van der Waals surface area contributed by atoms with Crippen LogP contribution in [0.1, 0.15) is 5.56 Å². The zero-order valence-corrected chi connectivity index (χ0v) is 8.48. The van der Waals surface area contributed by atoms with Crippen LogP contribution in [0.15, 0.2) is 24.3 Å². The Balaban J connectivity index is 2.76. The molecule has 0 heterocycles. The van der Waals surface area contributed by atoms with E-state index in [2.05, 4.69) is 4.74 Å². The summed E-state index contributed by atoms with van der Waals surface area (Å²) in [6.45, 7) is 0. The first-order valence-corrected chi connectivity index (χ1v) is 5.48. The Kier molecular flexibility index (Phi) is 3.41. The maximum atomic E-state index is 12.2. The van der Waals surface area contributed by atoms with Crippen molar-refractivity contribution in [3.05, 3.63) is 29.8 Å². The van der Waals surface area contributed by atoms with Gasteiger partial charge in [0.1, 0.15) is 11.5 Å². The summed E-state index contributed by atoms with van der Waals surface area (Å²) in [4.78, 5) is 0. The molecule has 0 N–H and O–H groups in total. The minimum absolute atomic E-state index is 0.0389. The molecule has 0 fully saturated rings. The van der Waals surface area contributed by atoms with Crippen LogP contribution < -0.4 is 4.74 Å². The van der Waals surface area contributed by atoms with Crippen LogP contribution >= 0.6 is 0 Å². The largest absolute Gasteiger partial charge is 0.573 e. The Bertz CT molecular complexity index is 449. The van der Waals surface area contributed by atoms with E-state index in [4.69, 9.17) is 0 Å². The quantitative estimate of drug-likeness (QED) is 0.617. The van der Waals surface area contributed by atoms with Crippen molar-refractivity contribution in [2.45, 2.75) is 12.1 Å². The fraction of sp³-hybridized carbons (Fsp3) is 0.250. The predicted octanol–water partition coefficient (Wildman–Crippen LogP) is 2.38. The van der Waals surface area contributed by atoms with Crippen LogP contribution in [0.25, 0.3) is 0 Å². The molecule has 0 atom stereocenters. The van der Waals surface area contributed by atoms with E-state index in [-0.39, 0.29) is 5.56 Å². The summed E-state index contributed by atoms with van der Waals surface area (Å²) in [6, 6.07) is 3.90. The van der Waals surface area contributed by atoms with Crippen molar-refractivity contribution in [3.8, 4) is 5.75 Å². The Morgan fingerprint density at radius 3 is 2.00 bits per heavy atom. The summed E-state index contributed by atoms with van der Waals surface area (Å²) in [5.41, 5.74) is 0.0389. The second-order valence-corrected chi connectivity index (χ2v) is 4.24. The van der Waals surface area contributed by atoms with Gasteiger partial charge in [0.2, 0.25) is 0 Å². The van der Waals surface area contributed by atoms with Crippen LogP contribution in [-0.2, 0) is 16.0 Å². The average Bonchev–Trinajstić information content (AvgIpc) is 2.03. The van der Waals surface area contributed by atoms with Crippen molar-refractivity contribution >= 4 is 10.2 Å². The zero-order chi connectivity index (χ0) is 12.4. The van der Waals surface area contributed by atoms with Crippen LogP contribution in [-0.4, -0.2) is 14.8 Å². The number of alkyl halides is 3. The lowest BCUT2D eigenvalue weighted by molar-refractivity contribution is -0.274. The van der Waals surface area contributed by atoms with Gasteiger partial charge >= 0.3 is 16.6 Å². The summed E-state index contributed by atoms with van der Waals surface area (Å²) < 4.78 is 71.4. The molecule has 1 rings (SSSR count). The standard InChI is InChI=1S/C8H6F4O3S/c9-8(10,11)15-7-3-1-6(2-4-7)5-16(12,13)14/h1-4H,5H2. The second kappa shape index (κ2) is 4.28. The summed E-state index contributed by atoms with van der Waals surface area (Å²) in [5.74, 6) is -1.37. The van der Waals surface area contributed by atoms with E-state index in [1.165, 1.54) is 0 Å². The molecular weight excluding hydrogens is 252 g/mol. The third kappa shape index (κ3) is 4.96. The lowest BCUT2D eigenvalue weighted by Crippen LogP contribution is -2.17. The molecule has 16 heavy (non-hydrogen) atoms. The summed E-state index contributed by atoms with van der Waals surface area (Å²) in [6.07, 6.45) is -4.81. The maximum absolute atomic E-state index is 12.2. The van der Waals surface area contributed by atoms with Crippen molar-refractivity contribution in [1.29, 1.82) is 0 Å². The Hall–Kier alpha value is -1.31. The van der Waals surface area contributed by atoms with Crippen LogP contribution in [0.5, 0.6) is 5.75 Å². The van der Waals surface area contributed by atoms with Gasteiger partial charge in [-0.15, -0.1) is 17.1 Å². The fourth-order valence-corrected chi connectivity index (χ4v) is 1.58. The van der Waals surface area contributed by atoms with Crippen molar-refractivity contribution in [3.63, 3.8) is 0 Å². The topological polar surface area (TPSA) is 43.4 Å². The average molecular weight is 258 g/mol. The van der Waals surface area contributed by atoms with Crippen LogP contribution in [0, 0.1) is 0 Å². The highest BCUT2D eigenvalue weighted by Crippen LogP contribution is 2.23. The third-order valence-electron chi connectivity index (χ3n) is 1.50. The number of rotatable bonds is 3. The molecule has 1 aromatic carbocycles. The van der Waals surface area contributed by atoms with E-state index < -0.39 is 28.1 Å². The molecule has 0 aliphatic heterocycles. The minimum atomic E-state index is -4.81. The number of hydrogen-bond acceptors (Lipinski definition) is 3. The van der Waals surface area contributed by atoms with E-state index in [0.717, 1.165) is 24.3 Å². The third-order valence-corrected chi connectivity index (χ3v) is 2.17. The van der Waals surface area contributed by atoms with Crippen molar-refractivity contribution in [2.75, 3.05) is 0 Å². The first-order chi connectivity index (χ1) is 7.16. The molecule has 0 saturated heterocycles. The molecule has 0 aliphatic carbocycles. The number of halogens is 4. The van der Waals surface area contributed by atoms with Gasteiger partial charge in [0.05, 0.1) is 0 Å². The zero-order valence-electron chi connectivity index (χ0n) is 7.66. The summed E-state index contributed by atoms with van der Waals surface area (Å²) >= 11 is 0. The maximum Gasteiger partial charge on any atom is 0.573 e. The molecule has 0 aliphatic rings. The number of benzene rings is 1. The minimum Gasteiger partial charge on any atom is -0.406 e. The van der Waals surface area contributed by atoms with Crippen LogP contribution in [0.2, 0.25) is 0 Å². The predicted molar refractivity (Wildman–Crippen MR) is 46.9 cm³/mol. The smallest absolute Gasteiger partial charge is 0.406 e. The molecule has 0 aromatic heterocycles. The molecule has 0 unspecified atom stereocenters. The van der Waals surface area contributed by atoms with Gasteiger partial charge in [-0.05, 0) is 17.7 Å². The SMILES string of the molecule is O=S(=O)(F)Cc1ccc(OC(F)(F)F)cc1. The Labute approximate surface area is 88.9 Å². The monoisotopic (exact) mass is 258 g/mol. The fourth-order valence-electron chi connectivity index (χ4n) is 0.986. The molecule has 0 spiro atoms. The van der Waals surface area contributed by atoms with Gasteiger partial charge in [0.15, 0.2) is 0 Å². The highest BCUT2D eigenvalue weighted by Gasteiger charge is 2.30. The molecule has 0 saturated carbocycles. The molecular formula is C8H6F4O3S. The van der Waals surface area contributed by atoms with E-state index in [0.29, 0.717) is 0 Å². The van der Waals surface area contributed by atoms with Crippen molar-refractivity contribution in [2.24, 2.45) is 0 Å². The molecule has 0 bridgehead atoms. The molecule has 8 heteroatoms. The molecule has 0 amide bonds. The van der Waals surface area contributed by atoms with Crippen LogP contribution in [0.3, 0.4) is 0 Å². The van der Waals surface area contributed by atoms with Gasteiger partial charge in [-0.3, -0.25) is 0 Å². The van der Waals surface area contributed by atoms with E-state index in [9.17, 15) is 25.5 Å². The van der Waals surface area contributed by atoms with Crippen LogP contribution in [0.4, 0.5) is 17.1 Å². The normalized spacial score (nSPS) is 12.5.